The lowest BCUT2D eigenvalue weighted by molar-refractivity contribution is -0.155. The Balaban J connectivity index is 1.56. The summed E-state index contributed by atoms with van der Waals surface area (Å²) >= 11 is 9.63. The van der Waals surface area contributed by atoms with Crippen LogP contribution < -0.4 is 5.32 Å². The fourth-order valence-electron chi connectivity index (χ4n) is 6.15. The van der Waals surface area contributed by atoms with E-state index in [0.717, 1.165) is 5.56 Å². The summed E-state index contributed by atoms with van der Waals surface area (Å²) < 4.78 is 11.8. The molecule has 2 aromatic carbocycles. The molecule has 2 amide bonds. The molecule has 37 heavy (non-hydrogen) atoms. The van der Waals surface area contributed by atoms with Gasteiger partial charge in [0.1, 0.15) is 11.6 Å². The summed E-state index contributed by atoms with van der Waals surface area (Å²) in [7, 11) is 0. The maximum atomic E-state index is 14.1. The number of hydrogen-bond acceptors (Lipinski definition) is 6. The van der Waals surface area contributed by atoms with Gasteiger partial charge < -0.3 is 24.8 Å². The first-order valence-electron chi connectivity index (χ1n) is 12.3. The number of rotatable bonds is 8. The van der Waals surface area contributed by atoms with E-state index in [1.807, 2.05) is 30.3 Å². The molecule has 5 rings (SSSR count). The molecule has 7 atom stereocenters. The Kier molecular flexibility index (Phi) is 7.33. The van der Waals surface area contributed by atoms with Crippen LogP contribution in [-0.2, 0) is 30.3 Å². The predicted molar refractivity (Wildman–Crippen MR) is 140 cm³/mol. The Hall–Kier alpha value is -2.46. The van der Waals surface area contributed by atoms with Gasteiger partial charge in [-0.3, -0.25) is 14.4 Å². The first-order valence-corrected chi connectivity index (χ1v) is 13.6. The maximum Gasteiger partial charge on any atom is 0.312 e. The van der Waals surface area contributed by atoms with Crippen molar-refractivity contribution in [2.75, 3.05) is 18.5 Å². The van der Waals surface area contributed by atoms with E-state index in [0.29, 0.717) is 23.6 Å². The van der Waals surface area contributed by atoms with Crippen molar-refractivity contribution < 1.29 is 29.0 Å². The molecular weight excluding hydrogens is 564 g/mol. The van der Waals surface area contributed by atoms with Crippen molar-refractivity contribution in [2.45, 2.75) is 48.4 Å². The highest BCUT2D eigenvalue weighted by atomic mass is 79.9. The molecule has 3 aliphatic heterocycles. The normalized spacial score (nSPS) is 30.8. The minimum absolute atomic E-state index is 0.167. The molecule has 3 aliphatic rings. The van der Waals surface area contributed by atoms with Gasteiger partial charge >= 0.3 is 5.97 Å². The number of nitrogens with zero attached hydrogens (tertiary/aromatic N) is 1. The van der Waals surface area contributed by atoms with E-state index in [1.165, 1.54) is 4.90 Å². The molecule has 2 aromatic rings. The molecule has 1 spiro atoms. The van der Waals surface area contributed by atoms with Crippen molar-refractivity contribution in [1.29, 1.82) is 0 Å². The molecule has 3 fully saturated rings. The third-order valence-corrected chi connectivity index (χ3v) is 8.66. The third-order valence-electron chi connectivity index (χ3n) is 7.56. The van der Waals surface area contributed by atoms with Gasteiger partial charge in [-0.05, 0) is 49.6 Å². The van der Waals surface area contributed by atoms with E-state index in [9.17, 15) is 19.5 Å². The zero-order valence-corrected chi connectivity index (χ0v) is 22.5. The van der Waals surface area contributed by atoms with E-state index in [4.69, 9.17) is 21.1 Å². The molecule has 0 radical (unpaired) electrons. The van der Waals surface area contributed by atoms with Crippen LogP contribution in [0.25, 0.3) is 0 Å². The van der Waals surface area contributed by atoms with Crippen molar-refractivity contribution in [3.05, 3.63) is 65.2 Å². The quantitative estimate of drug-likeness (QED) is 0.361. The number of benzene rings is 2. The van der Waals surface area contributed by atoms with Crippen LogP contribution in [0.2, 0.25) is 5.02 Å². The van der Waals surface area contributed by atoms with Crippen molar-refractivity contribution in [1.82, 2.24) is 4.90 Å². The molecule has 0 saturated carbocycles. The summed E-state index contributed by atoms with van der Waals surface area (Å²) in [6.45, 7) is 1.51. The van der Waals surface area contributed by atoms with Gasteiger partial charge in [0.2, 0.25) is 11.8 Å². The maximum absolute atomic E-state index is 14.1. The highest BCUT2D eigenvalue weighted by molar-refractivity contribution is 9.09. The lowest BCUT2D eigenvalue weighted by Crippen LogP contribution is -2.57. The number of aliphatic hydroxyl groups excluding tert-OH is 1. The van der Waals surface area contributed by atoms with Gasteiger partial charge in [0.25, 0.3) is 0 Å². The van der Waals surface area contributed by atoms with Gasteiger partial charge in [-0.2, -0.15) is 0 Å². The van der Waals surface area contributed by atoms with Crippen LogP contribution in [0, 0.1) is 11.8 Å². The molecule has 3 saturated heterocycles. The lowest BCUT2D eigenvalue weighted by atomic mass is 9.70. The van der Waals surface area contributed by atoms with Crippen LogP contribution in [0.1, 0.15) is 18.9 Å². The first-order chi connectivity index (χ1) is 17.8. The van der Waals surface area contributed by atoms with Gasteiger partial charge in [0, 0.05) is 15.5 Å². The van der Waals surface area contributed by atoms with E-state index in [2.05, 4.69) is 21.2 Å². The number of esters is 1. The second kappa shape index (κ2) is 10.4. The number of anilines is 1. The summed E-state index contributed by atoms with van der Waals surface area (Å²) in [5, 5.41) is 13.9. The van der Waals surface area contributed by atoms with Gasteiger partial charge in [-0.1, -0.05) is 57.9 Å². The number of fused-ring (bicyclic) bond motifs is 1. The van der Waals surface area contributed by atoms with Crippen LogP contribution in [0.3, 0.4) is 0 Å². The number of carbonyl (C=O) groups excluding carboxylic acids is 3. The second-order valence-corrected chi connectivity index (χ2v) is 11.3. The Morgan fingerprint density at radius 1 is 1.24 bits per heavy atom. The highest BCUT2D eigenvalue weighted by Gasteiger charge is 2.77. The van der Waals surface area contributed by atoms with Gasteiger partial charge in [-0.25, -0.2) is 0 Å². The number of likely N-dealkylation sites (tertiary alicyclic amines) is 1. The highest BCUT2D eigenvalue weighted by Crippen LogP contribution is 2.60. The van der Waals surface area contributed by atoms with Crippen LogP contribution >= 0.6 is 27.5 Å². The molecular formula is C27H28BrClN2O6. The van der Waals surface area contributed by atoms with Crippen molar-refractivity contribution in [3.8, 4) is 0 Å². The zero-order valence-electron chi connectivity index (χ0n) is 20.2. The number of carbonyl (C=O) groups is 3. The SMILES string of the molecule is CCOC(=O)[C@H]1[C@@H]2OC3(CC2Br)C(C(=O)Nc2ccc(Cl)cc2)N([C@@H](CO)Cc2ccccc2)C(=O)[C@H]13. The fourth-order valence-corrected chi connectivity index (χ4v) is 7.22. The number of aliphatic hydroxyl groups is 1. The van der Waals surface area contributed by atoms with Gasteiger partial charge in [0.15, 0.2) is 0 Å². The van der Waals surface area contributed by atoms with Crippen molar-refractivity contribution in [2.24, 2.45) is 11.8 Å². The number of nitrogens with one attached hydrogen (secondary N) is 1. The van der Waals surface area contributed by atoms with E-state index < -0.39 is 47.5 Å². The molecule has 3 heterocycles. The fraction of sp³-hybridized carbons (Fsp3) is 0.444. The van der Waals surface area contributed by atoms with Crippen LogP contribution in [0.15, 0.2) is 54.6 Å². The number of halogens is 2. The molecule has 8 nitrogen and oxygen atoms in total. The Bertz CT molecular complexity index is 1180. The molecule has 10 heteroatoms. The van der Waals surface area contributed by atoms with Gasteiger partial charge in [-0.15, -0.1) is 0 Å². The topological polar surface area (TPSA) is 105 Å². The summed E-state index contributed by atoms with van der Waals surface area (Å²) in [5.41, 5.74) is 0.176. The second-order valence-electron chi connectivity index (χ2n) is 9.68. The smallest absolute Gasteiger partial charge is 0.312 e. The minimum Gasteiger partial charge on any atom is -0.466 e. The standard InChI is InChI=1S/C27H28BrClN2O6/c1-2-36-26(35)20-21-25(34)31(18(14-32)12-15-6-4-3-5-7-15)23(27(21)13-19(28)22(20)37-27)24(33)30-17-10-8-16(29)9-11-17/h3-11,18-23,32H,2,12-14H2,1H3,(H,30,33)/t18-,19?,20-,21+,22-,23?,27?/m1/s1. The predicted octanol–water partition coefficient (Wildman–Crippen LogP) is 3.19. The molecule has 2 N–H and O–H groups in total. The van der Waals surface area contributed by atoms with E-state index in [-0.39, 0.29) is 23.9 Å². The van der Waals surface area contributed by atoms with E-state index in [1.54, 1.807) is 31.2 Å². The Morgan fingerprint density at radius 3 is 2.59 bits per heavy atom. The lowest BCUT2D eigenvalue weighted by Gasteiger charge is -2.37. The summed E-state index contributed by atoms with van der Waals surface area (Å²) in [6.07, 6.45) is 0.104. The number of ether oxygens (including phenoxy) is 2. The first kappa shape index (κ1) is 26.2. The Labute approximate surface area is 228 Å². The summed E-state index contributed by atoms with van der Waals surface area (Å²) in [6, 6.07) is 14.4. The molecule has 0 aliphatic carbocycles. The average Bonchev–Trinajstić information content (AvgIpc) is 3.48. The van der Waals surface area contributed by atoms with Crippen molar-refractivity contribution >= 4 is 51.0 Å². The molecule has 3 unspecified atom stereocenters. The largest absolute Gasteiger partial charge is 0.466 e. The molecule has 0 aromatic heterocycles. The van der Waals surface area contributed by atoms with Gasteiger partial charge in [0.05, 0.1) is 37.2 Å². The molecule has 2 bridgehead atoms. The monoisotopic (exact) mass is 590 g/mol. The number of alkyl halides is 1. The van der Waals surface area contributed by atoms with Crippen LogP contribution in [0.4, 0.5) is 5.69 Å². The Morgan fingerprint density at radius 2 is 1.95 bits per heavy atom. The van der Waals surface area contributed by atoms with E-state index >= 15 is 0 Å². The summed E-state index contributed by atoms with van der Waals surface area (Å²) in [5.74, 6) is -3.09. The number of amides is 2. The third kappa shape index (κ3) is 4.46. The van der Waals surface area contributed by atoms with Crippen molar-refractivity contribution in [3.63, 3.8) is 0 Å². The average molecular weight is 592 g/mol. The minimum atomic E-state index is -1.24. The number of hydrogen-bond donors (Lipinski definition) is 2. The zero-order chi connectivity index (χ0) is 26.3. The van der Waals surface area contributed by atoms with Crippen LogP contribution in [0.5, 0.6) is 0 Å². The van der Waals surface area contributed by atoms with Crippen LogP contribution in [-0.4, -0.2) is 69.6 Å². The molecule has 196 valence electrons. The summed E-state index contributed by atoms with van der Waals surface area (Å²) in [4.78, 5) is 42.3.